The summed E-state index contributed by atoms with van der Waals surface area (Å²) in [4.78, 5) is 2.49. The van der Waals surface area contributed by atoms with Crippen LogP contribution >= 0.6 is 0 Å². The summed E-state index contributed by atoms with van der Waals surface area (Å²) in [7, 11) is 0. The molecule has 1 heterocycles. The lowest BCUT2D eigenvalue weighted by Gasteiger charge is -2.32. The van der Waals surface area contributed by atoms with Crippen LogP contribution in [0.25, 0.3) is 66.1 Å². The van der Waals surface area contributed by atoms with Crippen LogP contribution in [-0.2, 0) is 10.8 Å². The quantitative estimate of drug-likeness (QED) is 0.151. The van der Waals surface area contributed by atoms with Gasteiger partial charge in [-0.3, -0.25) is 0 Å². The average Bonchev–Trinajstić information content (AvgIpc) is 4.20. The number of anilines is 3. The fourth-order valence-electron chi connectivity index (χ4n) is 12.3. The Bertz CT molecular complexity index is 4000. The van der Waals surface area contributed by atoms with E-state index in [2.05, 4.69) is 278 Å². The highest BCUT2D eigenvalue weighted by Gasteiger charge is 2.46. The molecule has 77 heavy (non-hydrogen) atoms. The number of para-hydroxylation sites is 3. The van der Waals surface area contributed by atoms with Gasteiger partial charge in [0.15, 0.2) is 0 Å². The van der Waals surface area contributed by atoms with Crippen molar-refractivity contribution >= 4 is 55.2 Å². The monoisotopic (exact) mass is 1000 g/mol. The maximum absolute atomic E-state index is 3.87. The van der Waals surface area contributed by atoms with Crippen LogP contribution < -0.4 is 4.90 Å². The van der Waals surface area contributed by atoms with Crippen LogP contribution in [0.1, 0.15) is 99.9 Å². The Morgan fingerprint density at radius 1 is 0.455 bits per heavy atom. The Kier molecular flexibility index (Phi) is 14.4. The molecule has 2 aliphatic carbocycles. The number of aryl methyl sites for hydroxylation is 3. The van der Waals surface area contributed by atoms with Gasteiger partial charge in [-0.2, -0.15) is 0 Å². The first-order valence-electron chi connectivity index (χ1n) is 27.5. The summed E-state index contributed by atoms with van der Waals surface area (Å²) < 4.78 is 2.39. The maximum atomic E-state index is 3.87. The van der Waals surface area contributed by atoms with Crippen molar-refractivity contribution < 1.29 is 0 Å². The number of hydrogen-bond acceptors (Lipinski definition) is 1. The molecule has 2 aliphatic rings. The van der Waals surface area contributed by atoms with Gasteiger partial charge in [0.2, 0.25) is 0 Å². The van der Waals surface area contributed by atoms with Gasteiger partial charge in [0.25, 0.3) is 0 Å². The third kappa shape index (κ3) is 9.42. The molecule has 0 fully saturated rings. The molecular formula is C75H72N2. The second kappa shape index (κ2) is 21.3. The van der Waals surface area contributed by atoms with Crippen LogP contribution in [0.4, 0.5) is 17.1 Å². The highest BCUT2D eigenvalue weighted by Crippen LogP contribution is 2.61. The highest BCUT2D eigenvalue weighted by atomic mass is 15.1. The molecule has 2 nitrogen and oxygen atoms in total. The maximum Gasteiger partial charge on any atom is 0.0543 e. The Morgan fingerprint density at radius 3 is 1.66 bits per heavy atom. The molecule has 0 radical (unpaired) electrons. The molecule has 0 amide bonds. The van der Waals surface area contributed by atoms with Gasteiger partial charge in [0.05, 0.1) is 16.7 Å². The Morgan fingerprint density at radius 2 is 1.00 bits per heavy atom. The van der Waals surface area contributed by atoms with Gasteiger partial charge in [-0.15, -0.1) is 0 Å². The first-order valence-corrected chi connectivity index (χ1v) is 27.5. The Balaban J connectivity index is 0.000000256. The van der Waals surface area contributed by atoms with Crippen LogP contribution in [0.3, 0.4) is 0 Å². The van der Waals surface area contributed by atoms with E-state index in [0.717, 1.165) is 16.9 Å². The number of benzene rings is 10. The van der Waals surface area contributed by atoms with Gasteiger partial charge in [-0.1, -0.05) is 235 Å². The van der Waals surface area contributed by atoms with E-state index < -0.39 is 0 Å². The van der Waals surface area contributed by atoms with E-state index >= 15 is 0 Å². The zero-order chi connectivity index (χ0) is 54.2. The molecule has 0 bridgehead atoms. The molecule has 382 valence electrons. The van der Waals surface area contributed by atoms with Crippen molar-refractivity contribution in [1.82, 2.24) is 4.57 Å². The third-order valence-electron chi connectivity index (χ3n) is 15.7. The minimum atomic E-state index is -0.224. The molecule has 0 aliphatic heterocycles. The number of hydrogen-bond donors (Lipinski definition) is 0. The van der Waals surface area contributed by atoms with Crippen molar-refractivity contribution in [2.75, 3.05) is 4.90 Å². The second-order valence-electron chi connectivity index (χ2n) is 21.8. The molecular weight excluding hydrogens is 929 g/mol. The minimum absolute atomic E-state index is 0.107. The first-order chi connectivity index (χ1) is 37.2. The molecule has 0 N–H and O–H groups in total. The van der Waals surface area contributed by atoms with E-state index in [-0.39, 0.29) is 10.8 Å². The van der Waals surface area contributed by atoms with Crippen molar-refractivity contribution in [2.24, 2.45) is 0 Å². The van der Waals surface area contributed by atoms with Gasteiger partial charge < -0.3 is 9.47 Å². The fraction of sp³-hybridized carbons (Fsp3) is 0.173. The van der Waals surface area contributed by atoms with Gasteiger partial charge >= 0.3 is 0 Å². The number of aromatic nitrogens is 1. The van der Waals surface area contributed by atoms with E-state index in [1.807, 2.05) is 39.0 Å². The van der Waals surface area contributed by atoms with Gasteiger partial charge in [-0.25, -0.2) is 0 Å². The zero-order valence-corrected chi connectivity index (χ0v) is 47.0. The molecule has 0 spiro atoms. The van der Waals surface area contributed by atoms with E-state index in [4.69, 9.17) is 0 Å². The van der Waals surface area contributed by atoms with Gasteiger partial charge in [0.1, 0.15) is 0 Å². The summed E-state index contributed by atoms with van der Waals surface area (Å²) >= 11 is 0. The van der Waals surface area contributed by atoms with Crippen LogP contribution in [-0.4, -0.2) is 4.57 Å². The molecule has 0 saturated carbocycles. The molecule has 0 unspecified atom stereocenters. The molecule has 1 aromatic heterocycles. The lowest BCUT2D eigenvalue weighted by Crippen LogP contribution is -2.24. The average molecular weight is 1000 g/mol. The number of rotatable bonds is 6. The highest BCUT2D eigenvalue weighted by molar-refractivity contribution is 6.13. The summed E-state index contributed by atoms with van der Waals surface area (Å²) in [5.41, 5.74) is 25.7. The standard InChI is InChI=1S/C53H42N2.C13H16.C7H8.C2H6/c1-33-24-26-37-41-27-28-42-49-40-22-13-12-20-38(40)48(32-45(49)53(4,5)51(42)50(41)52(2,3)44(37)30-33)54(34-16-8-6-9-17-34)36-25-29-47-43(31-36)39-21-14-15-23-46(39)55(47)35-18-10-7-11-19-35;1-10(2)9-12(4)13-8-6-5-7-11(13)3;1-7-5-3-2-4-6-7;1-2/h6-32H,1-5H3;5-9H,1H2,2-4H3;2-6H,1H3;1-2H3/b;12-9+;;. The summed E-state index contributed by atoms with van der Waals surface area (Å²) in [6, 6.07) is 79.6. The lowest BCUT2D eigenvalue weighted by atomic mass is 9.72. The van der Waals surface area contributed by atoms with Crippen LogP contribution in [0.15, 0.2) is 237 Å². The topological polar surface area (TPSA) is 8.17 Å². The van der Waals surface area contributed by atoms with Crippen molar-refractivity contribution in [3.63, 3.8) is 0 Å². The number of allylic oxidation sites excluding steroid dienone is 3. The van der Waals surface area contributed by atoms with E-state index in [1.54, 1.807) is 0 Å². The first kappa shape index (κ1) is 52.0. The Hall–Kier alpha value is -8.46. The lowest BCUT2D eigenvalue weighted by molar-refractivity contribution is 0.601. The molecule has 11 aromatic rings. The third-order valence-corrected chi connectivity index (χ3v) is 15.7. The van der Waals surface area contributed by atoms with Crippen molar-refractivity contribution in [3.05, 3.63) is 281 Å². The Labute approximate surface area is 458 Å². The van der Waals surface area contributed by atoms with Gasteiger partial charge in [-0.05, 0) is 156 Å². The van der Waals surface area contributed by atoms with E-state index in [9.17, 15) is 0 Å². The molecule has 0 atom stereocenters. The summed E-state index contributed by atoms with van der Waals surface area (Å²) in [5.74, 6) is 0. The van der Waals surface area contributed by atoms with Crippen molar-refractivity contribution in [1.29, 1.82) is 0 Å². The number of fused-ring (bicyclic) bond motifs is 12. The summed E-state index contributed by atoms with van der Waals surface area (Å²) in [6.45, 7) is 28.2. The molecule has 13 rings (SSSR count). The summed E-state index contributed by atoms with van der Waals surface area (Å²) in [6.07, 6.45) is 2.11. The largest absolute Gasteiger partial charge is 0.310 e. The molecule has 10 aromatic carbocycles. The van der Waals surface area contributed by atoms with E-state index in [0.29, 0.717) is 0 Å². The smallest absolute Gasteiger partial charge is 0.0543 e. The van der Waals surface area contributed by atoms with Crippen molar-refractivity contribution in [2.45, 2.75) is 87.0 Å². The van der Waals surface area contributed by atoms with Gasteiger partial charge in [0, 0.05) is 44.1 Å². The second-order valence-corrected chi connectivity index (χ2v) is 21.8. The van der Waals surface area contributed by atoms with E-state index in [1.165, 1.54) is 116 Å². The minimum Gasteiger partial charge on any atom is -0.310 e. The van der Waals surface area contributed by atoms with Crippen LogP contribution in [0.2, 0.25) is 0 Å². The fourth-order valence-corrected chi connectivity index (χ4v) is 12.3. The van der Waals surface area contributed by atoms with Crippen molar-refractivity contribution in [3.8, 4) is 27.9 Å². The predicted molar refractivity (Wildman–Crippen MR) is 335 cm³/mol. The normalized spacial score (nSPS) is 13.2. The molecule has 2 heteroatoms. The van der Waals surface area contributed by atoms with Crippen LogP contribution in [0, 0.1) is 20.8 Å². The number of nitrogens with zero attached hydrogens (tertiary/aromatic N) is 2. The summed E-state index contributed by atoms with van der Waals surface area (Å²) in [5, 5.41) is 5.04. The predicted octanol–water partition coefficient (Wildman–Crippen LogP) is 21.3. The zero-order valence-electron chi connectivity index (χ0n) is 47.0. The molecule has 0 saturated heterocycles. The SMILES string of the molecule is C=C(C)/C=C(\C)c1ccccc1C.CC.Cc1ccc2c(c1)C(C)(C)c1c-2ccc2c1C(C)(C)c1cc(N(c3ccccc3)c3ccc4c(c3)c3ccccc3n4-c3ccccc3)c3ccccc3c1-2.Cc1ccccc1. The van der Waals surface area contributed by atoms with Crippen LogP contribution in [0.5, 0.6) is 0 Å².